The van der Waals surface area contributed by atoms with Crippen molar-refractivity contribution in [3.05, 3.63) is 46.8 Å². The quantitative estimate of drug-likeness (QED) is 0.809. The maximum atomic E-state index is 11.5. The third-order valence-corrected chi connectivity index (χ3v) is 2.76. The zero-order valence-corrected chi connectivity index (χ0v) is 11.8. The van der Waals surface area contributed by atoms with Crippen LogP contribution in [0.4, 0.5) is 0 Å². The Bertz CT molecular complexity index is 572. The van der Waals surface area contributed by atoms with Crippen LogP contribution in [0.25, 0.3) is 0 Å². The fraction of sp³-hybridized carbons (Fsp3) is 0.154. The average Bonchev–Trinajstić information content (AvgIpc) is 2.42. The molecule has 0 N–H and O–H groups in total. The number of hydrogen-bond donors (Lipinski definition) is 0. The van der Waals surface area contributed by atoms with Gasteiger partial charge in [0, 0.05) is 6.20 Å². The lowest BCUT2D eigenvalue weighted by Gasteiger charge is -2.06. The highest BCUT2D eigenvalue weighted by Gasteiger charge is 2.07. The number of aromatic nitrogens is 2. The number of halogens is 1. The van der Waals surface area contributed by atoms with Gasteiger partial charge in [-0.2, -0.15) is 0 Å². The van der Waals surface area contributed by atoms with Gasteiger partial charge in [-0.1, -0.05) is 0 Å². The maximum Gasteiger partial charge on any atom is 0.338 e. The maximum absolute atomic E-state index is 11.5. The van der Waals surface area contributed by atoms with E-state index >= 15 is 0 Å². The largest absolute Gasteiger partial charge is 0.462 e. The molecule has 6 heteroatoms. The van der Waals surface area contributed by atoms with E-state index in [-0.39, 0.29) is 5.97 Å². The number of benzene rings is 1. The molecule has 0 aliphatic carbocycles. The van der Waals surface area contributed by atoms with Gasteiger partial charge in [-0.05, 0) is 47.1 Å². The van der Waals surface area contributed by atoms with Crippen molar-refractivity contribution in [1.82, 2.24) is 9.97 Å². The fourth-order valence-electron chi connectivity index (χ4n) is 1.36. The SMILES string of the molecule is CCOC(=O)c1ccc(Oc2ncncc2Br)cc1. The smallest absolute Gasteiger partial charge is 0.338 e. The summed E-state index contributed by atoms with van der Waals surface area (Å²) in [7, 11) is 0. The van der Waals surface area contributed by atoms with Crippen molar-refractivity contribution in [2.24, 2.45) is 0 Å². The molecule has 0 aliphatic rings. The van der Waals surface area contributed by atoms with Crippen molar-refractivity contribution in [2.75, 3.05) is 6.61 Å². The molecule has 0 aliphatic heterocycles. The monoisotopic (exact) mass is 322 g/mol. The van der Waals surface area contributed by atoms with E-state index in [4.69, 9.17) is 9.47 Å². The van der Waals surface area contributed by atoms with Gasteiger partial charge >= 0.3 is 5.97 Å². The number of hydrogen-bond acceptors (Lipinski definition) is 5. The number of ether oxygens (including phenoxy) is 2. The van der Waals surface area contributed by atoms with Crippen molar-refractivity contribution in [3.8, 4) is 11.6 Å². The van der Waals surface area contributed by atoms with Crippen molar-refractivity contribution in [3.63, 3.8) is 0 Å². The Balaban J connectivity index is 2.11. The summed E-state index contributed by atoms with van der Waals surface area (Å²) in [4.78, 5) is 19.3. The minimum Gasteiger partial charge on any atom is -0.462 e. The lowest BCUT2D eigenvalue weighted by molar-refractivity contribution is 0.0526. The topological polar surface area (TPSA) is 61.3 Å². The molecule has 98 valence electrons. The van der Waals surface area contributed by atoms with Crippen LogP contribution < -0.4 is 4.74 Å². The summed E-state index contributed by atoms with van der Waals surface area (Å²) in [6.07, 6.45) is 2.99. The summed E-state index contributed by atoms with van der Waals surface area (Å²) < 4.78 is 11.1. The molecule has 0 saturated carbocycles. The first kappa shape index (κ1) is 13.5. The first-order valence-corrected chi connectivity index (χ1v) is 6.40. The molecule has 5 nitrogen and oxygen atoms in total. The summed E-state index contributed by atoms with van der Waals surface area (Å²) in [6.45, 7) is 2.12. The van der Waals surface area contributed by atoms with Crippen LogP contribution in [0, 0.1) is 0 Å². The van der Waals surface area contributed by atoms with Crippen LogP contribution in [0.1, 0.15) is 17.3 Å². The minimum absolute atomic E-state index is 0.350. The number of carbonyl (C=O) groups excluding carboxylic acids is 1. The summed E-state index contributed by atoms with van der Waals surface area (Å²) in [5.74, 6) is 0.642. The second kappa shape index (κ2) is 6.29. The number of nitrogens with zero attached hydrogens (tertiary/aromatic N) is 2. The van der Waals surface area contributed by atoms with E-state index in [2.05, 4.69) is 25.9 Å². The molecule has 1 aromatic carbocycles. The van der Waals surface area contributed by atoms with Crippen LogP contribution in [0.15, 0.2) is 41.3 Å². The molecule has 0 unspecified atom stereocenters. The molecule has 0 radical (unpaired) electrons. The first-order chi connectivity index (χ1) is 9.20. The van der Waals surface area contributed by atoms with Gasteiger partial charge in [-0.15, -0.1) is 0 Å². The predicted molar refractivity (Wildman–Crippen MR) is 72.2 cm³/mol. The summed E-state index contributed by atoms with van der Waals surface area (Å²) >= 11 is 3.29. The molecule has 0 spiro atoms. The van der Waals surface area contributed by atoms with Crippen LogP contribution in [0.5, 0.6) is 11.6 Å². The van der Waals surface area contributed by atoms with Gasteiger partial charge in [-0.25, -0.2) is 14.8 Å². The van der Waals surface area contributed by atoms with Gasteiger partial charge in [0.2, 0.25) is 5.88 Å². The third kappa shape index (κ3) is 3.51. The third-order valence-electron chi connectivity index (χ3n) is 2.21. The molecule has 1 heterocycles. The standard InChI is InChI=1S/C13H11BrN2O3/c1-2-18-13(17)9-3-5-10(6-4-9)19-12-11(14)7-15-8-16-12/h3-8H,2H2,1H3. The Labute approximate surface area is 118 Å². The minimum atomic E-state index is -0.350. The van der Waals surface area contributed by atoms with Gasteiger partial charge < -0.3 is 9.47 Å². The molecule has 19 heavy (non-hydrogen) atoms. The average molecular weight is 323 g/mol. The van der Waals surface area contributed by atoms with Gasteiger partial charge in [0.15, 0.2) is 0 Å². The molecule has 0 saturated heterocycles. The van der Waals surface area contributed by atoms with Crippen LogP contribution in [-0.4, -0.2) is 22.5 Å². The molecule has 0 amide bonds. The normalized spacial score (nSPS) is 10.0. The van der Waals surface area contributed by atoms with Crippen molar-refractivity contribution >= 4 is 21.9 Å². The fourth-order valence-corrected chi connectivity index (χ4v) is 1.66. The van der Waals surface area contributed by atoms with E-state index in [1.807, 2.05) is 0 Å². The molecule has 2 aromatic rings. The second-order valence-corrected chi connectivity index (χ2v) is 4.38. The molecule has 0 atom stereocenters. The summed E-state index contributed by atoms with van der Waals surface area (Å²) in [5.41, 5.74) is 0.482. The first-order valence-electron chi connectivity index (χ1n) is 5.61. The van der Waals surface area contributed by atoms with Crippen LogP contribution in [0.3, 0.4) is 0 Å². The van der Waals surface area contributed by atoms with Gasteiger partial charge in [0.25, 0.3) is 0 Å². The van der Waals surface area contributed by atoms with Gasteiger partial charge in [0.1, 0.15) is 12.1 Å². The second-order valence-electron chi connectivity index (χ2n) is 3.52. The Morgan fingerprint density at radius 2 is 2.05 bits per heavy atom. The van der Waals surface area contributed by atoms with Crippen molar-refractivity contribution in [1.29, 1.82) is 0 Å². The molecule has 1 aromatic heterocycles. The molecule has 0 bridgehead atoms. The molecular weight excluding hydrogens is 312 g/mol. The molecule has 0 fully saturated rings. The number of rotatable bonds is 4. The number of esters is 1. The van der Waals surface area contributed by atoms with Crippen LogP contribution in [-0.2, 0) is 4.74 Å². The van der Waals surface area contributed by atoms with Crippen LogP contribution >= 0.6 is 15.9 Å². The zero-order valence-electron chi connectivity index (χ0n) is 10.2. The van der Waals surface area contributed by atoms with Crippen molar-refractivity contribution < 1.29 is 14.3 Å². The van der Waals surface area contributed by atoms with E-state index in [0.717, 1.165) is 0 Å². The highest BCUT2D eigenvalue weighted by molar-refractivity contribution is 9.10. The summed E-state index contributed by atoms with van der Waals surface area (Å²) in [6, 6.07) is 6.65. The van der Waals surface area contributed by atoms with E-state index in [9.17, 15) is 4.79 Å². The van der Waals surface area contributed by atoms with Gasteiger partial charge in [-0.3, -0.25) is 0 Å². The van der Waals surface area contributed by atoms with E-state index in [1.54, 1.807) is 37.4 Å². The molecule has 2 rings (SSSR count). The Hall–Kier alpha value is -1.95. The summed E-state index contributed by atoms with van der Waals surface area (Å²) in [5, 5.41) is 0. The van der Waals surface area contributed by atoms with Crippen LogP contribution in [0.2, 0.25) is 0 Å². The van der Waals surface area contributed by atoms with Crippen molar-refractivity contribution in [2.45, 2.75) is 6.92 Å². The zero-order chi connectivity index (χ0) is 13.7. The predicted octanol–water partition coefficient (Wildman–Crippen LogP) is 3.21. The van der Waals surface area contributed by atoms with E-state index in [1.165, 1.54) is 6.33 Å². The lowest BCUT2D eigenvalue weighted by atomic mass is 10.2. The Morgan fingerprint density at radius 3 is 2.68 bits per heavy atom. The molecular formula is C13H11BrN2O3. The number of carbonyl (C=O) groups is 1. The lowest BCUT2D eigenvalue weighted by Crippen LogP contribution is -2.04. The van der Waals surface area contributed by atoms with E-state index < -0.39 is 0 Å². The van der Waals surface area contributed by atoms with E-state index in [0.29, 0.717) is 28.3 Å². The Morgan fingerprint density at radius 1 is 1.32 bits per heavy atom. The highest BCUT2D eigenvalue weighted by atomic mass is 79.9. The highest BCUT2D eigenvalue weighted by Crippen LogP contribution is 2.26. The Kier molecular flexibility index (Phi) is 4.46. The van der Waals surface area contributed by atoms with Gasteiger partial charge in [0.05, 0.1) is 16.6 Å².